The number of aromatic nitrogens is 1. The van der Waals surface area contributed by atoms with E-state index in [0.29, 0.717) is 37.1 Å². The zero-order valence-electron chi connectivity index (χ0n) is 13.1. The highest BCUT2D eigenvalue weighted by molar-refractivity contribution is 5.69. The number of hydrogen-bond donors (Lipinski definition) is 2. The van der Waals surface area contributed by atoms with Gasteiger partial charge in [-0.3, -0.25) is 14.5 Å². The molecule has 2 heterocycles. The van der Waals surface area contributed by atoms with E-state index in [-0.39, 0.29) is 29.9 Å². The number of carboxylic acid groups (broad SMARTS) is 1. The Morgan fingerprint density at radius 2 is 2.21 bits per heavy atom. The molecule has 0 amide bonds. The number of likely N-dealkylation sites (tertiary alicyclic amines) is 1. The molecule has 2 N–H and O–H groups in total. The van der Waals surface area contributed by atoms with Crippen LogP contribution in [-0.2, 0) is 11.2 Å². The zero-order chi connectivity index (χ0) is 17.1. The zero-order valence-corrected chi connectivity index (χ0v) is 13.1. The highest BCUT2D eigenvalue weighted by Crippen LogP contribution is 2.32. The van der Waals surface area contributed by atoms with E-state index >= 15 is 0 Å². The Kier molecular flexibility index (Phi) is 4.80. The lowest BCUT2D eigenvalue weighted by atomic mass is 9.86. The van der Waals surface area contributed by atoms with Crippen molar-refractivity contribution in [2.24, 2.45) is 0 Å². The Morgan fingerprint density at radius 1 is 1.42 bits per heavy atom. The molecule has 1 aromatic heterocycles. The van der Waals surface area contributed by atoms with Gasteiger partial charge in [-0.25, -0.2) is 4.39 Å². The highest BCUT2D eigenvalue weighted by atomic mass is 19.1. The van der Waals surface area contributed by atoms with Crippen LogP contribution in [0.5, 0.6) is 0 Å². The number of aliphatic carboxylic acids is 1. The van der Waals surface area contributed by atoms with Crippen LogP contribution in [-0.4, -0.2) is 40.3 Å². The second-order valence-electron chi connectivity index (χ2n) is 6.15. The molecule has 2 aromatic rings. The van der Waals surface area contributed by atoms with Gasteiger partial charge in [0.05, 0.1) is 6.54 Å². The smallest absolute Gasteiger partial charge is 0.317 e. The van der Waals surface area contributed by atoms with E-state index in [2.05, 4.69) is 5.16 Å². The summed E-state index contributed by atoms with van der Waals surface area (Å²) >= 11 is 0. The Bertz CT molecular complexity index is 770. The first-order chi connectivity index (χ1) is 11.5. The van der Waals surface area contributed by atoms with E-state index in [1.54, 1.807) is 18.2 Å². The van der Waals surface area contributed by atoms with Crippen molar-refractivity contribution in [1.29, 1.82) is 0 Å². The quantitative estimate of drug-likeness (QED) is 0.873. The topological polar surface area (TPSA) is 86.5 Å². The molecule has 1 saturated heterocycles. The van der Waals surface area contributed by atoms with Gasteiger partial charge in [-0.05, 0) is 37.4 Å². The van der Waals surface area contributed by atoms with Crippen LogP contribution in [0.25, 0.3) is 0 Å². The molecule has 1 aliphatic heterocycles. The summed E-state index contributed by atoms with van der Waals surface area (Å²) < 4.78 is 19.2. The molecule has 2 unspecified atom stereocenters. The number of piperidine rings is 1. The summed E-state index contributed by atoms with van der Waals surface area (Å²) in [5, 5.41) is 11.4. The number of carbonyl (C=O) groups is 1. The number of aromatic amines is 1. The Morgan fingerprint density at radius 3 is 2.88 bits per heavy atom. The van der Waals surface area contributed by atoms with E-state index in [1.807, 2.05) is 4.90 Å². The fourth-order valence-electron chi connectivity index (χ4n) is 3.37. The number of halogens is 1. The molecule has 128 valence electrons. The molecular formula is C17H19FN2O4. The van der Waals surface area contributed by atoms with Crippen LogP contribution >= 0.6 is 0 Å². The van der Waals surface area contributed by atoms with Gasteiger partial charge >= 0.3 is 5.97 Å². The largest absolute Gasteiger partial charge is 0.480 e. The molecule has 0 radical (unpaired) electrons. The standard InChI is InChI=1S/C17H19FN2O4/c18-14-4-2-1-3-11(14)7-13-8-12(15-9-16(21)19-24-15)5-6-20(13)10-17(22)23/h1-4,9,12-13H,5-8,10H2,(H,19,21)(H,22,23). The number of rotatable bonds is 5. The number of nitrogens with zero attached hydrogens (tertiary/aromatic N) is 1. The molecule has 6 nitrogen and oxygen atoms in total. The van der Waals surface area contributed by atoms with Gasteiger partial charge in [-0.1, -0.05) is 18.2 Å². The fraction of sp³-hybridized carbons (Fsp3) is 0.412. The summed E-state index contributed by atoms with van der Waals surface area (Å²) in [6.45, 7) is 0.480. The molecule has 2 atom stereocenters. The lowest BCUT2D eigenvalue weighted by molar-refractivity contribution is -0.139. The molecular weight excluding hydrogens is 315 g/mol. The van der Waals surface area contributed by atoms with Crippen LogP contribution in [0, 0.1) is 5.82 Å². The third kappa shape index (κ3) is 3.73. The predicted octanol–water partition coefficient (Wildman–Crippen LogP) is 1.98. The van der Waals surface area contributed by atoms with Crippen molar-refractivity contribution in [2.75, 3.05) is 13.1 Å². The van der Waals surface area contributed by atoms with Crippen LogP contribution in [0.1, 0.15) is 30.1 Å². The second-order valence-corrected chi connectivity index (χ2v) is 6.15. The SMILES string of the molecule is O=C(O)CN1CCC(c2cc(=O)[nH]o2)CC1Cc1ccccc1F. The normalized spacial score (nSPS) is 21.7. The summed E-state index contributed by atoms with van der Waals surface area (Å²) in [6, 6.07) is 7.82. The van der Waals surface area contributed by atoms with E-state index in [9.17, 15) is 14.0 Å². The third-order valence-electron chi connectivity index (χ3n) is 4.53. The Hall–Kier alpha value is -2.41. The minimum Gasteiger partial charge on any atom is -0.480 e. The van der Waals surface area contributed by atoms with Gasteiger partial charge < -0.3 is 9.63 Å². The molecule has 1 fully saturated rings. The predicted molar refractivity (Wildman–Crippen MR) is 84.4 cm³/mol. The first kappa shape index (κ1) is 16.4. The maximum atomic E-state index is 14.0. The molecule has 24 heavy (non-hydrogen) atoms. The van der Waals surface area contributed by atoms with Gasteiger partial charge in [0.25, 0.3) is 5.56 Å². The van der Waals surface area contributed by atoms with E-state index < -0.39 is 5.97 Å². The Balaban J connectivity index is 1.80. The molecule has 1 aliphatic rings. The minimum atomic E-state index is -0.903. The molecule has 0 spiro atoms. The van der Waals surface area contributed by atoms with Crippen LogP contribution < -0.4 is 5.56 Å². The molecule has 0 saturated carbocycles. The van der Waals surface area contributed by atoms with Crippen molar-refractivity contribution in [1.82, 2.24) is 10.1 Å². The van der Waals surface area contributed by atoms with Gasteiger partial charge in [-0.2, -0.15) is 5.16 Å². The van der Waals surface area contributed by atoms with E-state index in [1.165, 1.54) is 12.1 Å². The van der Waals surface area contributed by atoms with Crippen molar-refractivity contribution < 1.29 is 18.8 Å². The van der Waals surface area contributed by atoms with E-state index in [0.717, 1.165) is 0 Å². The lowest BCUT2D eigenvalue weighted by Gasteiger charge is -2.38. The minimum absolute atomic E-state index is 0.0192. The summed E-state index contributed by atoms with van der Waals surface area (Å²) in [5.41, 5.74) is 0.276. The first-order valence-corrected chi connectivity index (χ1v) is 7.90. The molecule has 0 bridgehead atoms. The van der Waals surface area contributed by atoms with Crippen LogP contribution in [0.2, 0.25) is 0 Å². The number of hydrogen-bond acceptors (Lipinski definition) is 4. The second kappa shape index (κ2) is 7.00. The average molecular weight is 334 g/mol. The van der Waals surface area contributed by atoms with Crippen molar-refractivity contribution in [3.8, 4) is 0 Å². The highest BCUT2D eigenvalue weighted by Gasteiger charge is 2.32. The lowest BCUT2D eigenvalue weighted by Crippen LogP contribution is -2.45. The fourth-order valence-corrected chi connectivity index (χ4v) is 3.37. The number of nitrogens with one attached hydrogen (secondary N) is 1. The average Bonchev–Trinajstić information content (AvgIpc) is 2.97. The third-order valence-corrected chi connectivity index (χ3v) is 4.53. The summed E-state index contributed by atoms with van der Waals surface area (Å²) in [6.07, 6.45) is 1.73. The van der Waals surface area contributed by atoms with Crippen LogP contribution in [0.4, 0.5) is 4.39 Å². The monoisotopic (exact) mass is 334 g/mol. The summed E-state index contributed by atoms with van der Waals surface area (Å²) in [7, 11) is 0. The van der Waals surface area contributed by atoms with Gasteiger partial charge in [0.1, 0.15) is 11.6 Å². The van der Waals surface area contributed by atoms with Gasteiger partial charge in [0.2, 0.25) is 0 Å². The van der Waals surface area contributed by atoms with Crippen LogP contribution in [0.3, 0.4) is 0 Å². The number of carboxylic acids is 1. The van der Waals surface area contributed by atoms with Crippen molar-refractivity contribution in [2.45, 2.75) is 31.2 Å². The summed E-state index contributed by atoms with van der Waals surface area (Å²) in [5.74, 6) is -0.595. The van der Waals surface area contributed by atoms with Gasteiger partial charge in [0, 0.05) is 18.0 Å². The van der Waals surface area contributed by atoms with Gasteiger partial charge in [-0.15, -0.1) is 0 Å². The Labute approximate surface area is 137 Å². The number of benzene rings is 1. The van der Waals surface area contributed by atoms with Crippen molar-refractivity contribution >= 4 is 5.97 Å². The van der Waals surface area contributed by atoms with Crippen molar-refractivity contribution in [3.63, 3.8) is 0 Å². The van der Waals surface area contributed by atoms with Gasteiger partial charge in [0.15, 0.2) is 0 Å². The van der Waals surface area contributed by atoms with E-state index in [4.69, 9.17) is 9.63 Å². The first-order valence-electron chi connectivity index (χ1n) is 7.90. The summed E-state index contributed by atoms with van der Waals surface area (Å²) in [4.78, 5) is 24.2. The molecule has 3 rings (SSSR count). The van der Waals surface area contributed by atoms with Crippen LogP contribution in [0.15, 0.2) is 39.6 Å². The molecule has 7 heteroatoms. The maximum absolute atomic E-state index is 14.0. The molecule has 0 aliphatic carbocycles. The maximum Gasteiger partial charge on any atom is 0.317 e. The van der Waals surface area contributed by atoms with Crippen molar-refractivity contribution in [3.05, 3.63) is 57.8 Å². The number of H-pyrrole nitrogens is 1. The molecule has 1 aromatic carbocycles.